The zero-order valence-electron chi connectivity index (χ0n) is 7.88. The first-order chi connectivity index (χ1) is 6.75. The molecule has 0 aromatic heterocycles. The molecule has 6 heteroatoms. The lowest BCUT2D eigenvalue weighted by Crippen LogP contribution is -2.28. The van der Waals surface area contributed by atoms with Gasteiger partial charge in [-0.3, -0.25) is 4.79 Å². The fourth-order valence-electron chi connectivity index (χ4n) is 1.98. The molecule has 6 nitrogen and oxygen atoms in total. The summed E-state index contributed by atoms with van der Waals surface area (Å²) in [4.78, 5) is 21.5. The van der Waals surface area contributed by atoms with E-state index < -0.39 is 0 Å². The van der Waals surface area contributed by atoms with Gasteiger partial charge >= 0.3 is 0 Å². The average Bonchev–Trinajstić information content (AvgIpc) is 2.82. The van der Waals surface area contributed by atoms with Crippen molar-refractivity contribution >= 4 is 5.91 Å². The topological polar surface area (TPSA) is 68.2 Å². The Bertz CT molecular complexity index is 246. The highest BCUT2D eigenvalue weighted by Gasteiger charge is 2.56. The van der Waals surface area contributed by atoms with Crippen LogP contribution >= 0.6 is 0 Å². The average molecular weight is 200 g/mol. The Balaban J connectivity index is 2.00. The predicted molar refractivity (Wildman–Crippen MR) is 45.9 cm³/mol. The highest BCUT2D eigenvalue weighted by Crippen LogP contribution is 2.45. The van der Waals surface area contributed by atoms with Crippen molar-refractivity contribution in [3.63, 3.8) is 0 Å². The molecule has 78 valence electrons. The first-order valence-electron chi connectivity index (χ1n) is 4.54. The van der Waals surface area contributed by atoms with Gasteiger partial charge in [0.2, 0.25) is 5.91 Å². The van der Waals surface area contributed by atoms with Crippen LogP contribution in [0.5, 0.6) is 0 Å². The number of amides is 1. The molecule has 0 radical (unpaired) electrons. The van der Waals surface area contributed by atoms with Crippen LogP contribution in [-0.2, 0) is 14.3 Å². The quantitative estimate of drug-likeness (QED) is 0.469. The van der Waals surface area contributed by atoms with E-state index in [1.807, 2.05) is 0 Å². The largest absolute Gasteiger partial charge is 0.355 e. The van der Waals surface area contributed by atoms with E-state index >= 15 is 0 Å². The minimum absolute atomic E-state index is 0.120. The Labute approximate surface area is 81.1 Å². The van der Waals surface area contributed by atoms with Gasteiger partial charge in [-0.05, 0) is 0 Å². The lowest BCUT2D eigenvalue weighted by molar-refractivity contribution is -0.130. The molecule has 2 aliphatic rings. The number of hydrogen-bond acceptors (Lipinski definition) is 5. The van der Waals surface area contributed by atoms with Gasteiger partial charge in [-0.1, -0.05) is 0 Å². The van der Waals surface area contributed by atoms with E-state index in [0.29, 0.717) is 20.0 Å². The van der Waals surface area contributed by atoms with Crippen molar-refractivity contribution in [3.8, 4) is 0 Å². The number of hydrogen-bond donors (Lipinski definition) is 0. The fraction of sp³-hybridized carbons (Fsp3) is 0.875. The molecule has 2 rings (SSSR count). The molecule has 1 saturated carbocycles. The van der Waals surface area contributed by atoms with Crippen LogP contribution in [0, 0.1) is 16.7 Å². The summed E-state index contributed by atoms with van der Waals surface area (Å²) in [7, 11) is 0. The van der Waals surface area contributed by atoms with Crippen LogP contribution in [0.15, 0.2) is 5.29 Å². The van der Waals surface area contributed by atoms with Crippen molar-refractivity contribution in [1.82, 2.24) is 5.01 Å². The number of rotatable bonds is 2. The van der Waals surface area contributed by atoms with E-state index in [1.165, 1.54) is 6.92 Å². The SMILES string of the molecule is CC(=O)N(N=O)[C@H]1[C@@H]2COCOC[C@@H]21. The van der Waals surface area contributed by atoms with Gasteiger partial charge in [0.15, 0.2) is 0 Å². The number of nitroso groups, excluding NO2 is 1. The molecule has 0 aromatic carbocycles. The standard InChI is InChI=1S/C8H12N2O4/c1-5(11)10(9-12)8-6-2-13-4-14-3-7(6)8/h6-8H,2-4H2,1H3/t6-,7+,8+. The summed E-state index contributed by atoms with van der Waals surface area (Å²) in [5.74, 6) is 0.0938. The molecule has 0 bridgehead atoms. The Kier molecular flexibility index (Phi) is 2.47. The molecule has 1 aliphatic heterocycles. The van der Waals surface area contributed by atoms with Crippen molar-refractivity contribution < 1.29 is 14.3 Å². The first-order valence-corrected chi connectivity index (χ1v) is 4.54. The summed E-state index contributed by atoms with van der Waals surface area (Å²) in [6, 6.07) is -0.120. The van der Waals surface area contributed by atoms with Crippen molar-refractivity contribution in [1.29, 1.82) is 0 Å². The van der Waals surface area contributed by atoms with E-state index in [1.54, 1.807) is 0 Å². The molecule has 1 amide bonds. The van der Waals surface area contributed by atoms with E-state index in [9.17, 15) is 9.70 Å². The van der Waals surface area contributed by atoms with Crippen LogP contribution in [-0.4, -0.2) is 37.0 Å². The van der Waals surface area contributed by atoms with Gasteiger partial charge in [-0.15, -0.1) is 4.91 Å². The second-order valence-corrected chi connectivity index (χ2v) is 3.62. The van der Waals surface area contributed by atoms with E-state index in [0.717, 1.165) is 5.01 Å². The number of ether oxygens (including phenoxy) is 2. The molecule has 0 aromatic rings. The maximum absolute atomic E-state index is 11.0. The number of carbonyl (C=O) groups excluding carboxylic acids is 1. The molecule has 14 heavy (non-hydrogen) atoms. The van der Waals surface area contributed by atoms with Gasteiger partial charge in [-0.2, -0.15) is 5.01 Å². The zero-order valence-corrected chi connectivity index (χ0v) is 7.88. The van der Waals surface area contributed by atoms with Crippen molar-refractivity contribution in [3.05, 3.63) is 4.91 Å². The Hall–Kier alpha value is -1.01. The van der Waals surface area contributed by atoms with Crippen LogP contribution in [0.4, 0.5) is 0 Å². The van der Waals surface area contributed by atoms with E-state index in [-0.39, 0.29) is 23.8 Å². The van der Waals surface area contributed by atoms with E-state index in [4.69, 9.17) is 9.47 Å². The van der Waals surface area contributed by atoms with Gasteiger partial charge in [0.1, 0.15) is 6.79 Å². The zero-order chi connectivity index (χ0) is 10.1. The van der Waals surface area contributed by atoms with Crippen LogP contribution in [0.3, 0.4) is 0 Å². The molecule has 3 atom stereocenters. The number of carbonyl (C=O) groups is 1. The highest BCUT2D eigenvalue weighted by atomic mass is 16.7. The summed E-state index contributed by atoms with van der Waals surface area (Å²) in [5.41, 5.74) is 0. The van der Waals surface area contributed by atoms with Crippen molar-refractivity contribution in [2.45, 2.75) is 13.0 Å². The Morgan fingerprint density at radius 2 is 1.93 bits per heavy atom. The second-order valence-electron chi connectivity index (χ2n) is 3.62. The molecule has 2 fully saturated rings. The fourth-order valence-corrected chi connectivity index (χ4v) is 1.98. The van der Waals surface area contributed by atoms with Gasteiger partial charge in [0.05, 0.1) is 24.5 Å². The molecule has 0 unspecified atom stereocenters. The summed E-state index contributed by atoms with van der Waals surface area (Å²) in [5, 5.41) is 3.72. The molecule has 0 N–H and O–H groups in total. The third kappa shape index (κ3) is 1.51. The second kappa shape index (κ2) is 3.62. The molecule has 0 spiro atoms. The number of nitrogens with zero attached hydrogens (tertiary/aromatic N) is 2. The van der Waals surface area contributed by atoms with Gasteiger partial charge in [-0.25, -0.2) is 0 Å². The van der Waals surface area contributed by atoms with Crippen molar-refractivity contribution in [2.24, 2.45) is 17.1 Å². The predicted octanol–water partition coefficient (Wildman–Crippen LogP) is 0.135. The van der Waals surface area contributed by atoms with Gasteiger partial charge < -0.3 is 9.47 Å². The van der Waals surface area contributed by atoms with Crippen molar-refractivity contribution in [2.75, 3.05) is 20.0 Å². The van der Waals surface area contributed by atoms with Crippen LogP contribution in [0.25, 0.3) is 0 Å². The number of fused-ring (bicyclic) bond motifs is 1. The lowest BCUT2D eigenvalue weighted by Gasteiger charge is -2.12. The lowest BCUT2D eigenvalue weighted by atomic mass is 10.3. The third-order valence-corrected chi connectivity index (χ3v) is 2.77. The van der Waals surface area contributed by atoms with E-state index in [2.05, 4.69) is 5.29 Å². The Morgan fingerprint density at radius 1 is 1.36 bits per heavy atom. The van der Waals surface area contributed by atoms with Crippen LogP contribution in [0.1, 0.15) is 6.92 Å². The maximum atomic E-state index is 11.0. The minimum atomic E-state index is -0.321. The van der Waals surface area contributed by atoms with Gasteiger partial charge in [0.25, 0.3) is 0 Å². The first kappa shape index (κ1) is 9.54. The minimum Gasteiger partial charge on any atom is -0.355 e. The molecule has 1 saturated heterocycles. The summed E-state index contributed by atoms with van der Waals surface area (Å²) >= 11 is 0. The smallest absolute Gasteiger partial charge is 0.242 e. The Morgan fingerprint density at radius 3 is 2.36 bits per heavy atom. The molecule has 1 heterocycles. The van der Waals surface area contributed by atoms with Crippen LogP contribution in [0.2, 0.25) is 0 Å². The monoisotopic (exact) mass is 200 g/mol. The van der Waals surface area contributed by atoms with Crippen LogP contribution < -0.4 is 0 Å². The molecular formula is C8H12N2O4. The summed E-state index contributed by atoms with van der Waals surface area (Å²) in [6.07, 6.45) is 0. The van der Waals surface area contributed by atoms with Gasteiger partial charge in [0, 0.05) is 18.8 Å². The normalized spacial score (nSPS) is 35.4. The molecular weight excluding hydrogens is 188 g/mol. The maximum Gasteiger partial charge on any atom is 0.242 e. The molecule has 1 aliphatic carbocycles. The summed E-state index contributed by atoms with van der Waals surface area (Å²) in [6.45, 7) is 2.71. The highest BCUT2D eigenvalue weighted by molar-refractivity contribution is 5.73. The third-order valence-electron chi connectivity index (χ3n) is 2.77. The summed E-state index contributed by atoms with van der Waals surface area (Å²) < 4.78 is 10.3.